The van der Waals surface area contributed by atoms with Crippen molar-refractivity contribution in [3.05, 3.63) is 0 Å². The molecule has 0 radical (unpaired) electrons. The van der Waals surface area contributed by atoms with Crippen LogP contribution in [0.4, 0.5) is 0 Å². The highest BCUT2D eigenvalue weighted by Crippen LogP contribution is 2.11. The van der Waals surface area contributed by atoms with Crippen molar-refractivity contribution in [2.75, 3.05) is 32.7 Å². The predicted octanol–water partition coefficient (Wildman–Crippen LogP) is 1.17. The van der Waals surface area contributed by atoms with Gasteiger partial charge in [0.15, 0.2) is 0 Å². The highest BCUT2D eigenvalue weighted by molar-refractivity contribution is 4.76. The van der Waals surface area contributed by atoms with Crippen molar-refractivity contribution in [1.29, 1.82) is 0 Å². The third-order valence-corrected chi connectivity index (χ3v) is 3.18. The van der Waals surface area contributed by atoms with Gasteiger partial charge < -0.3 is 10.0 Å². The van der Waals surface area contributed by atoms with E-state index in [0.29, 0.717) is 6.04 Å². The van der Waals surface area contributed by atoms with Gasteiger partial charge in [-0.05, 0) is 34.1 Å². The van der Waals surface area contributed by atoms with Gasteiger partial charge in [0.2, 0.25) is 0 Å². The fraction of sp³-hybridized carbons (Fsp3) is 1.00. The van der Waals surface area contributed by atoms with E-state index in [1.807, 2.05) is 13.8 Å². The van der Waals surface area contributed by atoms with E-state index in [1.165, 1.54) is 13.1 Å². The van der Waals surface area contributed by atoms with E-state index < -0.39 is 5.60 Å². The van der Waals surface area contributed by atoms with Crippen LogP contribution in [0.1, 0.15) is 34.1 Å². The lowest BCUT2D eigenvalue weighted by Gasteiger charge is -2.37. The van der Waals surface area contributed by atoms with Gasteiger partial charge in [0.05, 0.1) is 5.60 Å². The summed E-state index contributed by atoms with van der Waals surface area (Å²) in [6.45, 7) is 13.9. The molecule has 0 atom stereocenters. The minimum atomic E-state index is -0.519. The number of hydrogen-bond acceptors (Lipinski definition) is 3. The summed E-state index contributed by atoms with van der Waals surface area (Å²) in [6.07, 6.45) is 0.870. The largest absolute Gasteiger partial charge is 0.390 e. The van der Waals surface area contributed by atoms with Crippen molar-refractivity contribution in [2.45, 2.75) is 45.8 Å². The normalized spacial score (nSPS) is 21.2. The van der Waals surface area contributed by atoms with Gasteiger partial charge in [0.1, 0.15) is 0 Å². The molecule has 3 nitrogen and oxygen atoms in total. The number of rotatable bonds is 4. The molecule has 0 unspecified atom stereocenters. The molecule has 0 aromatic rings. The summed E-state index contributed by atoms with van der Waals surface area (Å²) in [4.78, 5) is 4.97. The van der Waals surface area contributed by atoms with Crippen molar-refractivity contribution in [3.63, 3.8) is 0 Å². The number of hydrogen-bond donors (Lipinski definition) is 1. The third-order valence-electron chi connectivity index (χ3n) is 3.18. The summed E-state index contributed by atoms with van der Waals surface area (Å²) in [7, 11) is 0. The predicted molar refractivity (Wildman–Crippen MR) is 64.1 cm³/mol. The lowest BCUT2D eigenvalue weighted by Crippen LogP contribution is -2.49. The molecule has 0 aliphatic carbocycles. The minimum absolute atomic E-state index is 0.519. The first-order valence-corrected chi connectivity index (χ1v) is 6.07. The Bertz CT molecular complexity index is 179. The number of piperazine rings is 1. The Balaban J connectivity index is 2.20. The Hall–Kier alpha value is -0.120. The Kier molecular flexibility index (Phi) is 4.56. The summed E-state index contributed by atoms with van der Waals surface area (Å²) in [6, 6.07) is 0.668. The van der Waals surface area contributed by atoms with Crippen LogP contribution in [0.15, 0.2) is 0 Å². The highest BCUT2D eigenvalue weighted by atomic mass is 16.3. The minimum Gasteiger partial charge on any atom is -0.390 e. The number of nitrogens with zero attached hydrogens (tertiary/aromatic N) is 2. The highest BCUT2D eigenvalue weighted by Gasteiger charge is 2.20. The van der Waals surface area contributed by atoms with Crippen LogP contribution in [0.3, 0.4) is 0 Å². The summed E-state index contributed by atoms with van der Waals surface area (Å²) in [5.41, 5.74) is -0.519. The monoisotopic (exact) mass is 214 g/mol. The average Bonchev–Trinajstić information content (AvgIpc) is 2.14. The zero-order chi connectivity index (χ0) is 11.5. The van der Waals surface area contributed by atoms with E-state index in [2.05, 4.69) is 23.6 Å². The molecule has 90 valence electrons. The second-order valence-corrected chi connectivity index (χ2v) is 5.53. The first-order chi connectivity index (χ1) is 6.88. The van der Waals surface area contributed by atoms with Gasteiger partial charge in [-0.25, -0.2) is 0 Å². The van der Waals surface area contributed by atoms with Crippen molar-refractivity contribution in [3.8, 4) is 0 Å². The van der Waals surface area contributed by atoms with E-state index in [9.17, 15) is 5.11 Å². The smallest absolute Gasteiger partial charge is 0.0603 e. The summed E-state index contributed by atoms with van der Waals surface area (Å²) in [5.74, 6) is 0. The van der Waals surface area contributed by atoms with Gasteiger partial charge in [-0.1, -0.05) is 0 Å². The van der Waals surface area contributed by atoms with Crippen LogP contribution in [0.2, 0.25) is 0 Å². The van der Waals surface area contributed by atoms with Gasteiger partial charge in [0, 0.05) is 38.8 Å². The van der Waals surface area contributed by atoms with Crippen LogP contribution in [-0.2, 0) is 0 Å². The van der Waals surface area contributed by atoms with Crippen LogP contribution in [-0.4, -0.2) is 59.3 Å². The molecular weight excluding hydrogens is 188 g/mol. The van der Waals surface area contributed by atoms with Crippen LogP contribution >= 0.6 is 0 Å². The molecule has 3 heteroatoms. The van der Waals surface area contributed by atoms with Crippen molar-refractivity contribution < 1.29 is 5.11 Å². The molecule has 1 heterocycles. The Morgan fingerprint density at radius 1 is 1.13 bits per heavy atom. The average molecular weight is 214 g/mol. The molecule has 1 aliphatic rings. The van der Waals surface area contributed by atoms with E-state index in [1.54, 1.807) is 0 Å². The molecule has 0 aromatic carbocycles. The van der Waals surface area contributed by atoms with Crippen molar-refractivity contribution >= 4 is 0 Å². The molecule has 15 heavy (non-hydrogen) atoms. The quantitative estimate of drug-likeness (QED) is 0.761. The van der Waals surface area contributed by atoms with E-state index >= 15 is 0 Å². The maximum Gasteiger partial charge on any atom is 0.0603 e. The second-order valence-electron chi connectivity index (χ2n) is 5.53. The Morgan fingerprint density at radius 2 is 1.67 bits per heavy atom. The zero-order valence-corrected chi connectivity index (χ0v) is 10.7. The van der Waals surface area contributed by atoms with E-state index in [0.717, 1.165) is 26.1 Å². The maximum absolute atomic E-state index is 9.65. The maximum atomic E-state index is 9.65. The van der Waals surface area contributed by atoms with Crippen LogP contribution < -0.4 is 0 Å². The fourth-order valence-electron chi connectivity index (χ4n) is 1.94. The molecule has 1 N–H and O–H groups in total. The fourth-order valence-corrected chi connectivity index (χ4v) is 1.94. The topological polar surface area (TPSA) is 26.7 Å². The zero-order valence-electron chi connectivity index (χ0n) is 10.7. The Morgan fingerprint density at radius 3 is 2.07 bits per heavy atom. The van der Waals surface area contributed by atoms with Crippen LogP contribution in [0, 0.1) is 0 Å². The second kappa shape index (κ2) is 5.28. The molecular formula is C12H26N2O. The van der Waals surface area contributed by atoms with Gasteiger partial charge in [-0.2, -0.15) is 0 Å². The van der Waals surface area contributed by atoms with E-state index in [4.69, 9.17) is 0 Å². The SMILES string of the molecule is CC(C)N1CCN(CCC(C)(C)O)CC1. The van der Waals surface area contributed by atoms with Crippen LogP contribution in [0.5, 0.6) is 0 Å². The molecule has 0 amide bonds. The summed E-state index contributed by atoms with van der Waals surface area (Å²) < 4.78 is 0. The first kappa shape index (κ1) is 12.9. The molecule has 1 aliphatic heterocycles. The van der Waals surface area contributed by atoms with Crippen LogP contribution in [0.25, 0.3) is 0 Å². The lowest BCUT2D eigenvalue weighted by molar-refractivity contribution is 0.0439. The lowest BCUT2D eigenvalue weighted by atomic mass is 10.1. The molecule has 1 saturated heterocycles. The van der Waals surface area contributed by atoms with Gasteiger partial charge in [-0.3, -0.25) is 4.90 Å². The van der Waals surface area contributed by atoms with Gasteiger partial charge in [-0.15, -0.1) is 0 Å². The molecule has 0 saturated carbocycles. The summed E-state index contributed by atoms with van der Waals surface area (Å²) >= 11 is 0. The standard InChI is InChI=1S/C12H26N2O/c1-11(2)14-9-7-13(8-10-14)6-5-12(3,4)15/h11,15H,5-10H2,1-4H3. The van der Waals surface area contributed by atoms with Crippen molar-refractivity contribution in [1.82, 2.24) is 9.80 Å². The van der Waals surface area contributed by atoms with Gasteiger partial charge in [0.25, 0.3) is 0 Å². The first-order valence-electron chi connectivity index (χ1n) is 6.07. The van der Waals surface area contributed by atoms with Gasteiger partial charge >= 0.3 is 0 Å². The molecule has 0 spiro atoms. The molecule has 1 fully saturated rings. The van der Waals surface area contributed by atoms with Crippen molar-refractivity contribution in [2.24, 2.45) is 0 Å². The molecule has 0 aromatic heterocycles. The molecule has 1 rings (SSSR count). The Labute approximate surface area is 94.1 Å². The summed E-state index contributed by atoms with van der Waals surface area (Å²) in [5, 5.41) is 9.65. The number of aliphatic hydroxyl groups is 1. The van der Waals surface area contributed by atoms with E-state index in [-0.39, 0.29) is 0 Å². The third kappa shape index (κ3) is 4.96. The molecule has 0 bridgehead atoms.